The number of allylic oxidation sites excluding steroid dienone is 3. The van der Waals surface area contributed by atoms with Crippen LogP contribution in [0.15, 0.2) is 30.0 Å². The third kappa shape index (κ3) is 0.469. The highest BCUT2D eigenvalue weighted by Crippen LogP contribution is 2.42. The standard InChI is InChI=1S/C8H8/c1-2-4-8(5-3-1)6-7-8/h1,5-7H,2,4H2. The van der Waals surface area contributed by atoms with Crippen molar-refractivity contribution in [3.05, 3.63) is 30.0 Å². The normalized spacial score (nSPS) is 27.0. The Hall–Kier alpha value is -0.740. The minimum atomic E-state index is 0.411. The Morgan fingerprint density at radius 1 is 1.38 bits per heavy atom. The second-order valence-electron chi connectivity index (χ2n) is 2.50. The maximum Gasteiger partial charge on any atom is 0.0320 e. The zero-order valence-electron chi connectivity index (χ0n) is 4.72. The topological polar surface area (TPSA) is 0 Å². The lowest BCUT2D eigenvalue weighted by Crippen LogP contribution is -1.97. The first-order valence-electron chi connectivity index (χ1n) is 3.04. The van der Waals surface area contributed by atoms with Crippen molar-refractivity contribution < 1.29 is 0 Å². The highest BCUT2D eigenvalue weighted by Gasteiger charge is 2.30. The van der Waals surface area contributed by atoms with E-state index in [9.17, 15) is 0 Å². The third-order valence-corrected chi connectivity index (χ3v) is 1.79. The van der Waals surface area contributed by atoms with Gasteiger partial charge in [-0.1, -0.05) is 12.2 Å². The molecule has 8 heavy (non-hydrogen) atoms. The van der Waals surface area contributed by atoms with E-state index in [1.54, 1.807) is 0 Å². The highest BCUT2D eigenvalue weighted by molar-refractivity contribution is 5.35. The molecule has 0 saturated heterocycles. The van der Waals surface area contributed by atoms with E-state index >= 15 is 0 Å². The average molecular weight is 104 g/mol. The molecule has 0 fully saturated rings. The molecule has 0 aliphatic heterocycles. The van der Waals surface area contributed by atoms with Gasteiger partial charge >= 0.3 is 0 Å². The molecule has 0 aromatic heterocycles. The fourth-order valence-corrected chi connectivity index (χ4v) is 1.06. The van der Waals surface area contributed by atoms with E-state index in [0.29, 0.717) is 5.41 Å². The van der Waals surface area contributed by atoms with Crippen molar-refractivity contribution >= 4 is 0 Å². The summed E-state index contributed by atoms with van der Waals surface area (Å²) < 4.78 is 0. The molecule has 0 amide bonds. The van der Waals surface area contributed by atoms with Crippen LogP contribution in [-0.2, 0) is 0 Å². The lowest BCUT2D eigenvalue weighted by molar-refractivity contribution is 0.639. The van der Waals surface area contributed by atoms with Crippen molar-refractivity contribution in [1.82, 2.24) is 0 Å². The minimum absolute atomic E-state index is 0.411. The first-order chi connectivity index (χ1) is 3.91. The van der Waals surface area contributed by atoms with Crippen molar-refractivity contribution in [2.45, 2.75) is 12.8 Å². The van der Waals surface area contributed by atoms with Gasteiger partial charge in [0.15, 0.2) is 0 Å². The Labute approximate surface area is 49.2 Å². The van der Waals surface area contributed by atoms with Crippen molar-refractivity contribution in [2.24, 2.45) is 5.41 Å². The van der Waals surface area contributed by atoms with Gasteiger partial charge in [-0.3, -0.25) is 0 Å². The summed E-state index contributed by atoms with van der Waals surface area (Å²) in [5.41, 5.74) is 3.54. The molecular formula is C8H8. The van der Waals surface area contributed by atoms with E-state index in [4.69, 9.17) is 0 Å². The molecule has 2 rings (SSSR count). The molecule has 0 radical (unpaired) electrons. The molecule has 0 heteroatoms. The van der Waals surface area contributed by atoms with Crippen molar-refractivity contribution in [1.29, 1.82) is 0 Å². The van der Waals surface area contributed by atoms with Gasteiger partial charge in [0, 0.05) is 5.41 Å². The zero-order chi connectivity index (χ0) is 5.45. The summed E-state index contributed by atoms with van der Waals surface area (Å²) in [6, 6.07) is 0. The van der Waals surface area contributed by atoms with E-state index in [1.165, 1.54) is 12.8 Å². The van der Waals surface area contributed by atoms with Crippen LogP contribution in [-0.4, -0.2) is 0 Å². The molecule has 0 unspecified atom stereocenters. The van der Waals surface area contributed by atoms with E-state index in [2.05, 4.69) is 30.0 Å². The molecular weight excluding hydrogens is 96.1 g/mol. The van der Waals surface area contributed by atoms with Crippen LogP contribution in [0, 0.1) is 5.41 Å². The molecule has 0 aromatic carbocycles. The smallest absolute Gasteiger partial charge is 0.0320 e. The first kappa shape index (κ1) is 4.17. The van der Waals surface area contributed by atoms with Crippen molar-refractivity contribution in [3.8, 4) is 0 Å². The third-order valence-electron chi connectivity index (χ3n) is 1.79. The predicted octanol–water partition coefficient (Wildman–Crippen LogP) is 2.05. The fourth-order valence-electron chi connectivity index (χ4n) is 1.06. The maximum absolute atomic E-state index is 3.12. The number of hydrogen-bond acceptors (Lipinski definition) is 0. The van der Waals surface area contributed by atoms with Gasteiger partial charge in [0.2, 0.25) is 0 Å². The highest BCUT2D eigenvalue weighted by atomic mass is 14.3. The molecule has 0 aromatic rings. The van der Waals surface area contributed by atoms with Crippen LogP contribution in [0.4, 0.5) is 0 Å². The molecule has 0 bridgehead atoms. The summed E-state index contributed by atoms with van der Waals surface area (Å²) in [7, 11) is 0. The summed E-state index contributed by atoms with van der Waals surface area (Å²) in [6.45, 7) is 0. The van der Waals surface area contributed by atoms with Crippen LogP contribution in [0.3, 0.4) is 0 Å². The zero-order valence-corrected chi connectivity index (χ0v) is 4.72. The predicted molar refractivity (Wildman–Crippen MR) is 33.5 cm³/mol. The van der Waals surface area contributed by atoms with Crippen LogP contribution in [0.5, 0.6) is 0 Å². The van der Waals surface area contributed by atoms with Crippen LogP contribution < -0.4 is 0 Å². The molecule has 0 nitrogen and oxygen atoms in total. The quantitative estimate of drug-likeness (QED) is 0.326. The molecule has 40 valence electrons. The fraction of sp³-hybridized carbons (Fsp3) is 0.375. The summed E-state index contributed by atoms with van der Waals surface area (Å²) in [5.74, 6) is 0. The number of hydrogen-bond donors (Lipinski definition) is 0. The monoisotopic (exact) mass is 104 g/mol. The molecule has 2 aliphatic rings. The SMILES string of the molecule is C1=CCCC2(C=1)C=C2. The summed E-state index contributed by atoms with van der Waals surface area (Å²) in [4.78, 5) is 0. The second-order valence-corrected chi connectivity index (χ2v) is 2.50. The lowest BCUT2D eigenvalue weighted by atomic mass is 9.95. The molecule has 0 saturated carbocycles. The van der Waals surface area contributed by atoms with E-state index in [1.807, 2.05) is 0 Å². The summed E-state index contributed by atoms with van der Waals surface area (Å²) in [5, 5.41) is 0. The minimum Gasteiger partial charge on any atom is -0.128 e. The van der Waals surface area contributed by atoms with Crippen LogP contribution in [0.25, 0.3) is 0 Å². The molecule has 2 aliphatic carbocycles. The van der Waals surface area contributed by atoms with Crippen molar-refractivity contribution in [2.75, 3.05) is 0 Å². The largest absolute Gasteiger partial charge is 0.128 e. The summed E-state index contributed by atoms with van der Waals surface area (Å²) >= 11 is 0. The van der Waals surface area contributed by atoms with Gasteiger partial charge in [-0.05, 0) is 25.0 Å². The van der Waals surface area contributed by atoms with Crippen LogP contribution in [0.1, 0.15) is 12.8 Å². The Bertz CT molecular complexity index is 184. The van der Waals surface area contributed by atoms with Gasteiger partial charge in [0.1, 0.15) is 0 Å². The van der Waals surface area contributed by atoms with Crippen LogP contribution in [0.2, 0.25) is 0 Å². The molecule has 0 N–H and O–H groups in total. The van der Waals surface area contributed by atoms with E-state index in [0.717, 1.165) is 0 Å². The lowest BCUT2D eigenvalue weighted by Gasteiger charge is -2.08. The second kappa shape index (κ2) is 1.15. The van der Waals surface area contributed by atoms with Crippen LogP contribution >= 0.6 is 0 Å². The van der Waals surface area contributed by atoms with Gasteiger partial charge in [-0.2, -0.15) is 0 Å². The van der Waals surface area contributed by atoms with Gasteiger partial charge < -0.3 is 0 Å². The first-order valence-corrected chi connectivity index (χ1v) is 3.04. The average Bonchev–Trinajstić information content (AvgIpc) is 2.52. The Kier molecular flexibility index (Phi) is 0.601. The number of rotatable bonds is 0. The molecule has 0 heterocycles. The van der Waals surface area contributed by atoms with Gasteiger partial charge in [0.25, 0.3) is 0 Å². The van der Waals surface area contributed by atoms with E-state index < -0.39 is 0 Å². The van der Waals surface area contributed by atoms with E-state index in [-0.39, 0.29) is 0 Å². The van der Waals surface area contributed by atoms with Gasteiger partial charge in [-0.15, -0.1) is 5.73 Å². The maximum atomic E-state index is 3.12. The Balaban J connectivity index is 2.30. The van der Waals surface area contributed by atoms with Crippen molar-refractivity contribution in [3.63, 3.8) is 0 Å². The summed E-state index contributed by atoms with van der Waals surface area (Å²) in [6.07, 6.45) is 11.2. The Morgan fingerprint density at radius 2 is 2.25 bits per heavy atom. The van der Waals surface area contributed by atoms with Gasteiger partial charge in [0.05, 0.1) is 0 Å². The molecule has 1 spiro atoms. The van der Waals surface area contributed by atoms with Gasteiger partial charge in [-0.25, -0.2) is 0 Å². The Morgan fingerprint density at radius 3 is 2.62 bits per heavy atom. The molecule has 0 atom stereocenters.